The van der Waals surface area contributed by atoms with Crippen LogP contribution in [0.4, 0.5) is 0 Å². The Morgan fingerprint density at radius 2 is 2.33 bits per heavy atom. The number of nitrogens with zero attached hydrogens (tertiary/aromatic N) is 2. The highest BCUT2D eigenvalue weighted by Crippen LogP contribution is 2.28. The number of aromatic nitrogens is 2. The number of hydrogen-bond donors (Lipinski definition) is 2. The van der Waals surface area contributed by atoms with Crippen molar-refractivity contribution in [3.8, 4) is 0 Å². The molecule has 0 saturated carbocycles. The van der Waals surface area contributed by atoms with Gasteiger partial charge in [-0.05, 0) is 6.07 Å². The summed E-state index contributed by atoms with van der Waals surface area (Å²) in [5.41, 5.74) is 7.03. The van der Waals surface area contributed by atoms with E-state index in [-0.39, 0.29) is 6.54 Å². The maximum atomic E-state index is 9.75. The molecule has 80 valence electrons. The van der Waals surface area contributed by atoms with Gasteiger partial charge in [-0.3, -0.25) is 4.68 Å². The van der Waals surface area contributed by atoms with Crippen molar-refractivity contribution in [3.05, 3.63) is 28.9 Å². The lowest BCUT2D eigenvalue weighted by Crippen LogP contribution is -2.12. The van der Waals surface area contributed by atoms with E-state index < -0.39 is 6.10 Å². The van der Waals surface area contributed by atoms with Crippen molar-refractivity contribution in [2.45, 2.75) is 6.10 Å². The summed E-state index contributed by atoms with van der Waals surface area (Å²) in [7, 11) is 1.79. The van der Waals surface area contributed by atoms with Gasteiger partial charge in [-0.25, -0.2) is 0 Å². The maximum absolute atomic E-state index is 9.75. The van der Waals surface area contributed by atoms with Crippen LogP contribution in [-0.4, -0.2) is 21.4 Å². The van der Waals surface area contributed by atoms with Gasteiger partial charge in [0.1, 0.15) is 0 Å². The summed E-state index contributed by atoms with van der Waals surface area (Å²) < 4.78 is 1.66. The Kier molecular flexibility index (Phi) is 2.65. The molecule has 15 heavy (non-hydrogen) atoms. The van der Waals surface area contributed by atoms with E-state index in [1.54, 1.807) is 11.7 Å². The van der Waals surface area contributed by atoms with Crippen LogP contribution in [0.2, 0.25) is 5.15 Å². The average molecular weight is 226 g/mol. The lowest BCUT2D eigenvalue weighted by atomic mass is 10.1. The van der Waals surface area contributed by atoms with Crippen molar-refractivity contribution in [3.63, 3.8) is 0 Å². The second-order valence-corrected chi connectivity index (χ2v) is 3.77. The number of benzene rings is 1. The minimum Gasteiger partial charge on any atom is -0.387 e. The second kappa shape index (κ2) is 3.81. The molecular formula is C10H12ClN3O. The summed E-state index contributed by atoms with van der Waals surface area (Å²) in [5, 5.41) is 15.1. The fourth-order valence-corrected chi connectivity index (χ4v) is 1.99. The van der Waals surface area contributed by atoms with Crippen LogP contribution >= 0.6 is 11.6 Å². The number of para-hydroxylation sites is 1. The van der Waals surface area contributed by atoms with Gasteiger partial charge in [-0.1, -0.05) is 23.7 Å². The Balaban J connectivity index is 2.75. The van der Waals surface area contributed by atoms with E-state index in [1.165, 1.54) is 0 Å². The first kappa shape index (κ1) is 10.4. The Bertz CT molecular complexity index is 495. The van der Waals surface area contributed by atoms with Gasteiger partial charge in [-0.2, -0.15) is 5.10 Å². The van der Waals surface area contributed by atoms with E-state index in [1.807, 2.05) is 18.2 Å². The van der Waals surface area contributed by atoms with Crippen LogP contribution in [-0.2, 0) is 7.05 Å². The summed E-state index contributed by atoms with van der Waals surface area (Å²) in [6, 6.07) is 5.54. The van der Waals surface area contributed by atoms with E-state index in [0.29, 0.717) is 5.15 Å². The molecule has 0 aliphatic rings. The molecule has 4 nitrogen and oxygen atoms in total. The SMILES string of the molecule is Cn1nc(Cl)c2cccc(C(O)CN)c21. The molecule has 0 fully saturated rings. The molecule has 0 aliphatic heterocycles. The van der Waals surface area contributed by atoms with E-state index in [9.17, 15) is 5.11 Å². The summed E-state index contributed by atoms with van der Waals surface area (Å²) >= 11 is 5.95. The lowest BCUT2D eigenvalue weighted by molar-refractivity contribution is 0.188. The first-order valence-corrected chi connectivity index (χ1v) is 5.02. The fraction of sp³-hybridized carbons (Fsp3) is 0.300. The first-order valence-electron chi connectivity index (χ1n) is 4.64. The topological polar surface area (TPSA) is 64.1 Å². The molecule has 1 aromatic heterocycles. The van der Waals surface area contributed by atoms with E-state index >= 15 is 0 Å². The molecule has 0 aliphatic carbocycles. The molecule has 3 N–H and O–H groups in total. The van der Waals surface area contributed by atoms with Crippen LogP contribution in [0.15, 0.2) is 18.2 Å². The van der Waals surface area contributed by atoms with Crippen LogP contribution in [0.3, 0.4) is 0 Å². The van der Waals surface area contributed by atoms with Crippen LogP contribution < -0.4 is 5.73 Å². The Hall–Kier alpha value is -1.10. The molecule has 2 rings (SSSR count). The van der Waals surface area contributed by atoms with Crippen molar-refractivity contribution in [1.82, 2.24) is 9.78 Å². The predicted octanol–water partition coefficient (Wildman–Crippen LogP) is 1.22. The van der Waals surface area contributed by atoms with Crippen LogP contribution in [0.1, 0.15) is 11.7 Å². The molecule has 0 spiro atoms. The molecule has 1 atom stereocenters. The van der Waals surface area contributed by atoms with E-state index in [4.69, 9.17) is 17.3 Å². The van der Waals surface area contributed by atoms with Crippen molar-refractivity contribution in [2.24, 2.45) is 12.8 Å². The number of aliphatic hydroxyl groups is 1. The molecule has 1 aromatic carbocycles. The molecule has 5 heteroatoms. The van der Waals surface area contributed by atoms with Gasteiger partial charge in [0.15, 0.2) is 5.15 Å². The monoisotopic (exact) mass is 225 g/mol. The number of fused-ring (bicyclic) bond motifs is 1. The quantitative estimate of drug-likeness (QED) is 0.808. The minimum absolute atomic E-state index is 0.182. The summed E-state index contributed by atoms with van der Waals surface area (Å²) in [5.74, 6) is 0. The molecule has 0 amide bonds. The molecular weight excluding hydrogens is 214 g/mol. The van der Waals surface area contributed by atoms with Crippen molar-refractivity contribution in [1.29, 1.82) is 0 Å². The third-order valence-corrected chi connectivity index (χ3v) is 2.71. The van der Waals surface area contributed by atoms with Crippen LogP contribution in [0, 0.1) is 0 Å². The van der Waals surface area contributed by atoms with Gasteiger partial charge in [0.2, 0.25) is 0 Å². The Morgan fingerprint density at radius 3 is 3.00 bits per heavy atom. The zero-order valence-corrected chi connectivity index (χ0v) is 9.07. The lowest BCUT2D eigenvalue weighted by Gasteiger charge is -2.10. The number of hydrogen-bond acceptors (Lipinski definition) is 3. The number of aryl methyl sites for hydroxylation is 1. The van der Waals surface area contributed by atoms with Gasteiger partial charge in [0.05, 0.1) is 11.6 Å². The average Bonchev–Trinajstić information content (AvgIpc) is 2.54. The number of rotatable bonds is 2. The van der Waals surface area contributed by atoms with Gasteiger partial charge in [0, 0.05) is 24.5 Å². The predicted molar refractivity (Wildman–Crippen MR) is 59.7 cm³/mol. The summed E-state index contributed by atoms with van der Waals surface area (Å²) in [6.45, 7) is 0.182. The Morgan fingerprint density at radius 1 is 1.60 bits per heavy atom. The van der Waals surface area contributed by atoms with Crippen LogP contribution in [0.5, 0.6) is 0 Å². The number of aliphatic hydroxyl groups excluding tert-OH is 1. The number of nitrogens with two attached hydrogens (primary N) is 1. The van der Waals surface area contributed by atoms with Crippen molar-refractivity contribution < 1.29 is 5.11 Å². The second-order valence-electron chi connectivity index (χ2n) is 3.41. The molecule has 1 heterocycles. The molecule has 2 aromatic rings. The zero-order chi connectivity index (χ0) is 11.0. The highest BCUT2D eigenvalue weighted by molar-refractivity contribution is 6.34. The zero-order valence-electron chi connectivity index (χ0n) is 8.31. The fourth-order valence-electron chi connectivity index (χ4n) is 1.72. The third kappa shape index (κ3) is 1.61. The van der Waals surface area contributed by atoms with Gasteiger partial charge >= 0.3 is 0 Å². The molecule has 1 unspecified atom stereocenters. The summed E-state index contributed by atoms with van der Waals surface area (Å²) in [4.78, 5) is 0. The van der Waals surface area contributed by atoms with E-state index in [0.717, 1.165) is 16.5 Å². The third-order valence-electron chi connectivity index (χ3n) is 2.43. The highest BCUT2D eigenvalue weighted by Gasteiger charge is 2.14. The van der Waals surface area contributed by atoms with Crippen molar-refractivity contribution >= 4 is 22.5 Å². The highest BCUT2D eigenvalue weighted by atomic mass is 35.5. The molecule has 0 bridgehead atoms. The van der Waals surface area contributed by atoms with Crippen molar-refractivity contribution in [2.75, 3.05) is 6.54 Å². The van der Waals surface area contributed by atoms with Crippen LogP contribution in [0.25, 0.3) is 10.9 Å². The van der Waals surface area contributed by atoms with Gasteiger partial charge < -0.3 is 10.8 Å². The van der Waals surface area contributed by atoms with E-state index in [2.05, 4.69) is 5.10 Å². The normalized spacial score (nSPS) is 13.3. The number of halogens is 1. The van der Waals surface area contributed by atoms with Gasteiger partial charge in [-0.15, -0.1) is 0 Å². The van der Waals surface area contributed by atoms with Gasteiger partial charge in [0.25, 0.3) is 0 Å². The maximum Gasteiger partial charge on any atom is 0.158 e. The first-order chi connectivity index (χ1) is 7.15. The smallest absolute Gasteiger partial charge is 0.158 e. The minimum atomic E-state index is -0.680. The Labute approximate surface area is 92.3 Å². The largest absolute Gasteiger partial charge is 0.387 e. The molecule has 0 saturated heterocycles. The summed E-state index contributed by atoms with van der Waals surface area (Å²) in [6.07, 6.45) is -0.680. The molecule has 0 radical (unpaired) electrons. The standard InChI is InChI=1S/C10H12ClN3O/c1-14-9-6(8(15)5-12)3-2-4-7(9)10(11)13-14/h2-4,8,15H,5,12H2,1H3.